The maximum Gasteiger partial charge on any atom is 0.242 e. The Morgan fingerprint density at radius 3 is 2.21 bits per heavy atom. The summed E-state index contributed by atoms with van der Waals surface area (Å²) in [6, 6.07) is 16.2. The lowest BCUT2D eigenvalue weighted by Crippen LogP contribution is -2.44. The second-order valence-electron chi connectivity index (χ2n) is 5.61. The Balaban J connectivity index is 2.11. The first-order valence-electron chi connectivity index (χ1n) is 7.86. The van der Waals surface area contributed by atoms with Crippen molar-refractivity contribution in [3.8, 4) is 11.5 Å². The minimum atomic E-state index is -0.591. The van der Waals surface area contributed by atoms with Crippen molar-refractivity contribution in [3.63, 3.8) is 0 Å². The predicted molar refractivity (Wildman–Crippen MR) is 92.8 cm³/mol. The van der Waals surface area contributed by atoms with Crippen LogP contribution in [0.3, 0.4) is 0 Å². The van der Waals surface area contributed by atoms with Crippen molar-refractivity contribution in [1.29, 1.82) is 0 Å². The molecular weight excluding hydrogens is 304 g/mol. The molecule has 2 atom stereocenters. The summed E-state index contributed by atoms with van der Waals surface area (Å²) in [4.78, 5) is 23.2. The molecule has 24 heavy (non-hydrogen) atoms. The number of para-hydroxylation sites is 2. The highest BCUT2D eigenvalue weighted by atomic mass is 16.5. The number of carbonyl (C=O) groups is 2. The van der Waals surface area contributed by atoms with Crippen LogP contribution in [0.1, 0.15) is 32.4 Å². The summed E-state index contributed by atoms with van der Waals surface area (Å²) >= 11 is 0. The molecule has 0 aromatic heterocycles. The third-order valence-electron chi connectivity index (χ3n) is 3.53. The van der Waals surface area contributed by atoms with E-state index in [2.05, 4.69) is 10.6 Å². The van der Waals surface area contributed by atoms with Gasteiger partial charge in [-0.15, -0.1) is 0 Å². The molecule has 5 nitrogen and oxygen atoms in total. The molecule has 0 fully saturated rings. The van der Waals surface area contributed by atoms with E-state index >= 15 is 0 Å². The Labute approximate surface area is 142 Å². The monoisotopic (exact) mass is 326 g/mol. The minimum absolute atomic E-state index is 0.238. The highest BCUT2D eigenvalue weighted by Gasteiger charge is 2.19. The first-order valence-corrected chi connectivity index (χ1v) is 7.86. The van der Waals surface area contributed by atoms with E-state index in [1.54, 1.807) is 6.92 Å². The Kier molecular flexibility index (Phi) is 5.95. The van der Waals surface area contributed by atoms with Gasteiger partial charge in [0.25, 0.3) is 0 Å². The molecule has 0 spiro atoms. The standard InChI is InChI=1S/C19H22N2O3/c1-13(21-19(23)14(2)20-15(3)22)17-11-7-8-12-18(17)24-16-9-5-4-6-10-16/h4-14H,1-3H3,(H,20,22)(H,21,23)/t13-,14+/m1/s1. The summed E-state index contributed by atoms with van der Waals surface area (Å²) in [7, 11) is 0. The minimum Gasteiger partial charge on any atom is -0.457 e. The van der Waals surface area contributed by atoms with Crippen LogP contribution in [0.15, 0.2) is 54.6 Å². The molecular formula is C19H22N2O3. The van der Waals surface area contributed by atoms with Gasteiger partial charge < -0.3 is 15.4 Å². The quantitative estimate of drug-likeness (QED) is 0.857. The maximum atomic E-state index is 12.2. The Bertz CT molecular complexity index is 701. The van der Waals surface area contributed by atoms with Crippen molar-refractivity contribution < 1.29 is 14.3 Å². The molecule has 2 amide bonds. The van der Waals surface area contributed by atoms with Crippen LogP contribution in [0, 0.1) is 0 Å². The van der Waals surface area contributed by atoms with Crippen LogP contribution in [0.5, 0.6) is 11.5 Å². The fourth-order valence-corrected chi connectivity index (χ4v) is 2.33. The van der Waals surface area contributed by atoms with Crippen LogP contribution in [-0.4, -0.2) is 17.9 Å². The molecule has 5 heteroatoms. The van der Waals surface area contributed by atoms with E-state index in [1.165, 1.54) is 6.92 Å². The first-order chi connectivity index (χ1) is 11.5. The fourth-order valence-electron chi connectivity index (χ4n) is 2.33. The summed E-state index contributed by atoms with van der Waals surface area (Å²) in [5.41, 5.74) is 0.865. The predicted octanol–water partition coefficient (Wildman–Crippen LogP) is 3.18. The summed E-state index contributed by atoms with van der Waals surface area (Å²) < 4.78 is 5.92. The van der Waals surface area contributed by atoms with Gasteiger partial charge in [0.05, 0.1) is 6.04 Å². The van der Waals surface area contributed by atoms with Crippen LogP contribution in [0.2, 0.25) is 0 Å². The number of ether oxygens (including phenoxy) is 1. The van der Waals surface area contributed by atoms with E-state index in [9.17, 15) is 9.59 Å². The van der Waals surface area contributed by atoms with Crippen LogP contribution in [0.25, 0.3) is 0 Å². The van der Waals surface area contributed by atoms with Gasteiger partial charge in [-0.3, -0.25) is 9.59 Å². The fraction of sp³-hybridized carbons (Fsp3) is 0.263. The van der Waals surface area contributed by atoms with Crippen molar-refractivity contribution in [1.82, 2.24) is 10.6 Å². The molecule has 126 valence electrons. The van der Waals surface area contributed by atoms with E-state index in [-0.39, 0.29) is 17.9 Å². The zero-order valence-electron chi connectivity index (χ0n) is 14.1. The summed E-state index contributed by atoms with van der Waals surface area (Å²) in [5.74, 6) is 0.934. The highest BCUT2D eigenvalue weighted by molar-refractivity contribution is 5.86. The molecule has 2 N–H and O–H groups in total. The highest BCUT2D eigenvalue weighted by Crippen LogP contribution is 2.29. The molecule has 2 rings (SSSR count). The summed E-state index contributed by atoms with van der Waals surface area (Å²) in [6.07, 6.45) is 0. The number of rotatable bonds is 6. The second kappa shape index (κ2) is 8.15. The molecule has 0 heterocycles. The summed E-state index contributed by atoms with van der Waals surface area (Å²) in [5, 5.41) is 5.47. The van der Waals surface area contributed by atoms with Gasteiger partial charge in [-0.1, -0.05) is 36.4 Å². The van der Waals surface area contributed by atoms with E-state index < -0.39 is 6.04 Å². The van der Waals surface area contributed by atoms with E-state index in [0.717, 1.165) is 11.3 Å². The Morgan fingerprint density at radius 1 is 0.917 bits per heavy atom. The van der Waals surface area contributed by atoms with Crippen molar-refractivity contribution in [2.75, 3.05) is 0 Å². The molecule has 0 radical (unpaired) electrons. The van der Waals surface area contributed by atoms with Gasteiger partial charge in [0, 0.05) is 12.5 Å². The van der Waals surface area contributed by atoms with Gasteiger partial charge in [0.1, 0.15) is 17.5 Å². The van der Waals surface area contributed by atoms with Crippen molar-refractivity contribution in [2.24, 2.45) is 0 Å². The van der Waals surface area contributed by atoms with Crippen LogP contribution < -0.4 is 15.4 Å². The Morgan fingerprint density at radius 2 is 1.54 bits per heavy atom. The first kappa shape index (κ1) is 17.5. The van der Waals surface area contributed by atoms with Gasteiger partial charge in [-0.05, 0) is 32.0 Å². The van der Waals surface area contributed by atoms with E-state index in [4.69, 9.17) is 4.74 Å². The average Bonchev–Trinajstić information content (AvgIpc) is 2.55. The third-order valence-corrected chi connectivity index (χ3v) is 3.53. The van der Waals surface area contributed by atoms with Gasteiger partial charge in [0.2, 0.25) is 11.8 Å². The number of benzene rings is 2. The SMILES string of the molecule is CC(=O)N[C@@H](C)C(=O)N[C@H](C)c1ccccc1Oc1ccccc1. The third kappa shape index (κ3) is 4.84. The van der Waals surface area contributed by atoms with Crippen LogP contribution >= 0.6 is 0 Å². The molecule has 0 aliphatic rings. The molecule has 2 aromatic rings. The van der Waals surface area contributed by atoms with Crippen molar-refractivity contribution in [3.05, 3.63) is 60.2 Å². The normalized spacial score (nSPS) is 12.8. The molecule has 0 aliphatic heterocycles. The lowest BCUT2D eigenvalue weighted by atomic mass is 10.1. The largest absolute Gasteiger partial charge is 0.457 e. The van der Waals surface area contributed by atoms with Crippen molar-refractivity contribution in [2.45, 2.75) is 32.9 Å². The summed E-state index contributed by atoms with van der Waals surface area (Å²) in [6.45, 7) is 4.91. The smallest absolute Gasteiger partial charge is 0.242 e. The van der Waals surface area contributed by atoms with Crippen LogP contribution in [0.4, 0.5) is 0 Å². The lowest BCUT2D eigenvalue weighted by Gasteiger charge is -2.20. The van der Waals surface area contributed by atoms with Gasteiger partial charge >= 0.3 is 0 Å². The second-order valence-corrected chi connectivity index (χ2v) is 5.61. The van der Waals surface area contributed by atoms with Gasteiger partial charge in [-0.2, -0.15) is 0 Å². The zero-order valence-corrected chi connectivity index (χ0v) is 14.1. The number of hydrogen-bond acceptors (Lipinski definition) is 3. The van der Waals surface area contributed by atoms with E-state index in [1.807, 2.05) is 61.5 Å². The molecule has 0 saturated carbocycles. The van der Waals surface area contributed by atoms with Crippen LogP contribution in [-0.2, 0) is 9.59 Å². The van der Waals surface area contributed by atoms with Crippen molar-refractivity contribution >= 4 is 11.8 Å². The maximum absolute atomic E-state index is 12.2. The number of carbonyl (C=O) groups excluding carboxylic acids is 2. The van der Waals surface area contributed by atoms with Gasteiger partial charge in [0.15, 0.2) is 0 Å². The molecule has 2 aromatic carbocycles. The molecule has 0 aliphatic carbocycles. The zero-order chi connectivity index (χ0) is 17.5. The average molecular weight is 326 g/mol. The molecule has 0 bridgehead atoms. The molecule has 0 saturated heterocycles. The van der Waals surface area contributed by atoms with E-state index in [0.29, 0.717) is 5.75 Å². The number of hydrogen-bond donors (Lipinski definition) is 2. The number of nitrogens with one attached hydrogen (secondary N) is 2. The number of amides is 2. The van der Waals surface area contributed by atoms with Gasteiger partial charge in [-0.25, -0.2) is 0 Å². The lowest BCUT2D eigenvalue weighted by molar-refractivity contribution is -0.128. The Hall–Kier alpha value is -2.82. The molecule has 0 unspecified atom stereocenters. The topological polar surface area (TPSA) is 67.4 Å².